The van der Waals surface area contributed by atoms with E-state index < -0.39 is 23.4 Å². The van der Waals surface area contributed by atoms with Gasteiger partial charge >= 0.3 is 6.18 Å². The standard InChI is InChI=1S/C22H22F5N3/c1-3-5-14(9-15(6-4-2)22(25,26)27)20-13-21-19(7-8-30(21)29-20)28-18-11-16(23)10-17(24)12-18/h3,5-6,9-13,19,28H,4,7-8H2,1-2H3/b5-3-,14-9+,15-6-. The van der Waals surface area contributed by atoms with Crippen LogP contribution in [0, 0.1) is 11.6 Å². The summed E-state index contributed by atoms with van der Waals surface area (Å²) in [5.74, 6) is -1.38. The largest absolute Gasteiger partial charge is 0.416 e. The number of benzene rings is 1. The molecule has 1 aliphatic heterocycles. The molecule has 1 aromatic carbocycles. The lowest BCUT2D eigenvalue weighted by Crippen LogP contribution is -2.10. The molecule has 0 spiro atoms. The predicted molar refractivity (Wildman–Crippen MR) is 107 cm³/mol. The van der Waals surface area contributed by atoms with Gasteiger partial charge in [0.1, 0.15) is 11.6 Å². The highest BCUT2D eigenvalue weighted by atomic mass is 19.4. The Labute approximate surface area is 171 Å². The van der Waals surface area contributed by atoms with Crippen LogP contribution in [0.3, 0.4) is 0 Å². The Morgan fingerprint density at radius 2 is 1.90 bits per heavy atom. The van der Waals surface area contributed by atoms with Crippen LogP contribution in [0.15, 0.2) is 54.1 Å². The Kier molecular flexibility index (Phi) is 6.43. The Balaban J connectivity index is 1.92. The Morgan fingerprint density at radius 1 is 1.20 bits per heavy atom. The number of alkyl halides is 3. The van der Waals surface area contributed by atoms with Gasteiger partial charge in [0, 0.05) is 23.9 Å². The topological polar surface area (TPSA) is 29.9 Å². The molecule has 1 N–H and O–H groups in total. The van der Waals surface area contributed by atoms with Crippen molar-refractivity contribution in [2.45, 2.75) is 45.5 Å². The van der Waals surface area contributed by atoms with E-state index in [9.17, 15) is 22.0 Å². The SMILES string of the molecule is C\C=C/C(=C\C(=C\CC)C(F)(F)F)c1cc2n(n1)CCC2Nc1cc(F)cc(F)c1. The van der Waals surface area contributed by atoms with Gasteiger partial charge in [0.2, 0.25) is 0 Å². The first-order chi connectivity index (χ1) is 14.2. The third-order valence-corrected chi connectivity index (χ3v) is 4.71. The second-order valence-corrected chi connectivity index (χ2v) is 6.99. The molecule has 2 heterocycles. The third kappa shape index (κ3) is 4.98. The van der Waals surface area contributed by atoms with Gasteiger partial charge < -0.3 is 5.32 Å². The maximum Gasteiger partial charge on any atom is 0.416 e. The lowest BCUT2D eigenvalue weighted by Gasteiger charge is -2.13. The van der Waals surface area contributed by atoms with E-state index in [0.29, 0.717) is 29.9 Å². The monoisotopic (exact) mass is 423 g/mol. The van der Waals surface area contributed by atoms with Crippen molar-refractivity contribution in [2.24, 2.45) is 0 Å². The van der Waals surface area contributed by atoms with Crippen LogP contribution in [0.5, 0.6) is 0 Å². The van der Waals surface area contributed by atoms with Crippen LogP contribution in [0.25, 0.3) is 5.57 Å². The lowest BCUT2D eigenvalue weighted by molar-refractivity contribution is -0.0883. The summed E-state index contributed by atoms with van der Waals surface area (Å²) in [6.45, 7) is 3.91. The Hall–Kier alpha value is -2.90. The zero-order chi connectivity index (χ0) is 21.9. The molecule has 0 bridgehead atoms. The molecular weight excluding hydrogens is 401 g/mol. The van der Waals surface area contributed by atoms with Gasteiger partial charge in [-0.2, -0.15) is 18.3 Å². The van der Waals surface area contributed by atoms with E-state index in [2.05, 4.69) is 10.4 Å². The van der Waals surface area contributed by atoms with Crippen LogP contribution in [0.1, 0.15) is 44.1 Å². The summed E-state index contributed by atoms with van der Waals surface area (Å²) in [6.07, 6.45) is 1.90. The van der Waals surface area contributed by atoms with Crippen molar-refractivity contribution >= 4 is 11.3 Å². The number of halogens is 5. The van der Waals surface area contributed by atoms with Gasteiger partial charge in [0.05, 0.1) is 23.0 Å². The number of fused-ring (bicyclic) bond motifs is 1. The first-order valence-electron chi connectivity index (χ1n) is 9.63. The lowest BCUT2D eigenvalue weighted by atomic mass is 10.0. The fourth-order valence-electron chi connectivity index (χ4n) is 3.45. The van der Waals surface area contributed by atoms with Gasteiger partial charge in [-0.1, -0.05) is 25.2 Å². The summed E-state index contributed by atoms with van der Waals surface area (Å²) in [5, 5.41) is 7.52. The van der Waals surface area contributed by atoms with Crippen LogP contribution < -0.4 is 5.32 Å². The fraction of sp³-hybridized carbons (Fsp3) is 0.318. The summed E-state index contributed by atoms with van der Waals surface area (Å²) in [6, 6.07) is 4.64. The van der Waals surface area contributed by atoms with Gasteiger partial charge in [-0.05, 0) is 44.0 Å². The molecule has 0 radical (unpaired) electrons. The first kappa shape index (κ1) is 21.8. The number of hydrogen-bond acceptors (Lipinski definition) is 2. The second kappa shape index (κ2) is 8.85. The molecule has 3 nitrogen and oxygen atoms in total. The molecular formula is C22H22F5N3. The zero-order valence-electron chi connectivity index (χ0n) is 16.6. The van der Waals surface area contributed by atoms with Gasteiger partial charge in [-0.15, -0.1) is 0 Å². The highest BCUT2D eigenvalue weighted by Crippen LogP contribution is 2.34. The first-order valence-corrected chi connectivity index (χ1v) is 9.63. The molecule has 1 aliphatic rings. The normalized spacial score (nSPS) is 17.6. The molecule has 1 aromatic heterocycles. The fourth-order valence-corrected chi connectivity index (χ4v) is 3.45. The number of anilines is 1. The van der Waals surface area contributed by atoms with Crippen LogP contribution in [0.4, 0.5) is 27.6 Å². The summed E-state index contributed by atoms with van der Waals surface area (Å²) in [4.78, 5) is 0. The highest BCUT2D eigenvalue weighted by Gasteiger charge is 2.32. The van der Waals surface area contributed by atoms with Gasteiger partial charge in [-0.3, -0.25) is 4.68 Å². The molecule has 3 rings (SSSR count). The summed E-state index contributed by atoms with van der Waals surface area (Å²) < 4.78 is 68.6. The van der Waals surface area contributed by atoms with E-state index in [1.807, 2.05) is 0 Å². The third-order valence-electron chi connectivity index (χ3n) is 4.71. The minimum atomic E-state index is -4.46. The molecule has 30 heavy (non-hydrogen) atoms. The number of hydrogen-bond donors (Lipinski definition) is 1. The van der Waals surface area contributed by atoms with Crippen molar-refractivity contribution < 1.29 is 22.0 Å². The molecule has 8 heteroatoms. The van der Waals surface area contributed by atoms with E-state index >= 15 is 0 Å². The molecule has 1 unspecified atom stereocenters. The van der Waals surface area contributed by atoms with E-state index in [1.54, 1.807) is 36.7 Å². The molecule has 0 fully saturated rings. The molecule has 2 aromatic rings. The number of nitrogens with one attached hydrogen (secondary N) is 1. The molecule has 0 aliphatic carbocycles. The maximum atomic E-state index is 13.5. The van der Waals surface area contributed by atoms with Crippen molar-refractivity contribution in [3.8, 4) is 0 Å². The van der Waals surface area contributed by atoms with Gasteiger partial charge in [0.25, 0.3) is 0 Å². The van der Waals surface area contributed by atoms with Crippen LogP contribution in [-0.2, 0) is 6.54 Å². The van der Waals surface area contributed by atoms with Gasteiger partial charge in [-0.25, -0.2) is 8.78 Å². The van der Waals surface area contributed by atoms with Crippen LogP contribution >= 0.6 is 0 Å². The molecule has 0 saturated carbocycles. The molecule has 0 amide bonds. The highest BCUT2D eigenvalue weighted by molar-refractivity contribution is 5.74. The minimum Gasteiger partial charge on any atom is -0.376 e. The van der Waals surface area contributed by atoms with E-state index in [1.165, 1.54) is 12.1 Å². The van der Waals surface area contributed by atoms with Crippen molar-refractivity contribution in [1.29, 1.82) is 0 Å². The smallest absolute Gasteiger partial charge is 0.376 e. The van der Waals surface area contributed by atoms with E-state index in [0.717, 1.165) is 23.9 Å². The molecule has 1 atom stereocenters. The summed E-state index contributed by atoms with van der Waals surface area (Å²) >= 11 is 0. The average molecular weight is 423 g/mol. The number of nitrogens with zero attached hydrogens (tertiary/aromatic N) is 2. The van der Waals surface area contributed by atoms with Gasteiger partial charge in [0.15, 0.2) is 0 Å². The zero-order valence-corrected chi connectivity index (χ0v) is 16.6. The Bertz CT molecular complexity index is 978. The van der Waals surface area contributed by atoms with E-state index in [4.69, 9.17) is 0 Å². The number of rotatable bonds is 6. The van der Waals surface area contributed by atoms with Crippen LogP contribution in [0.2, 0.25) is 0 Å². The van der Waals surface area contributed by atoms with E-state index in [-0.39, 0.29) is 12.5 Å². The maximum absolute atomic E-state index is 13.5. The van der Waals surface area contributed by atoms with Crippen molar-refractivity contribution in [3.05, 3.63) is 77.2 Å². The number of allylic oxidation sites excluding steroid dienone is 6. The quantitative estimate of drug-likeness (QED) is 0.420. The molecule has 160 valence electrons. The average Bonchev–Trinajstić information content (AvgIpc) is 3.21. The van der Waals surface area contributed by atoms with Crippen molar-refractivity contribution in [3.63, 3.8) is 0 Å². The minimum absolute atomic E-state index is 0.254. The van der Waals surface area contributed by atoms with Crippen molar-refractivity contribution in [1.82, 2.24) is 9.78 Å². The van der Waals surface area contributed by atoms with Crippen LogP contribution in [-0.4, -0.2) is 16.0 Å². The number of aromatic nitrogens is 2. The number of aryl methyl sites for hydroxylation is 1. The predicted octanol–water partition coefficient (Wildman–Crippen LogP) is 6.58. The summed E-state index contributed by atoms with van der Waals surface area (Å²) in [7, 11) is 0. The summed E-state index contributed by atoms with van der Waals surface area (Å²) in [5.41, 5.74) is 1.07. The van der Waals surface area contributed by atoms with Crippen molar-refractivity contribution in [2.75, 3.05) is 5.32 Å². The Morgan fingerprint density at radius 3 is 2.50 bits per heavy atom. The molecule has 0 saturated heterocycles. The second-order valence-electron chi connectivity index (χ2n) is 6.99.